The van der Waals surface area contributed by atoms with Crippen molar-refractivity contribution in [2.24, 2.45) is 0 Å². The van der Waals surface area contributed by atoms with E-state index in [0.717, 1.165) is 6.07 Å². The van der Waals surface area contributed by atoms with E-state index in [2.05, 4.69) is 6.58 Å². The Morgan fingerprint density at radius 3 is 2.11 bits per heavy atom. The Morgan fingerprint density at radius 2 is 1.68 bits per heavy atom. The van der Waals surface area contributed by atoms with Crippen LogP contribution < -0.4 is 34.3 Å². The minimum Gasteiger partial charge on any atom is -1.00 e. The number of carbonyl (C=O) groups is 2. The van der Waals surface area contributed by atoms with Gasteiger partial charge in [-0.05, 0) is 18.2 Å². The van der Waals surface area contributed by atoms with E-state index >= 15 is 0 Å². The number of carboxylic acid groups (broad SMARTS) is 2. The number of ether oxygens (including phenoxy) is 2. The summed E-state index contributed by atoms with van der Waals surface area (Å²) in [7, 11) is 0. The van der Waals surface area contributed by atoms with Crippen LogP contribution in [0.4, 0.5) is 0 Å². The van der Waals surface area contributed by atoms with Gasteiger partial charge in [0.15, 0.2) is 0 Å². The SMILES string of the molecule is C=COCCOc1cc(C(=O)O)cc(C(=O)O)c1.[H-].[Na+]. The van der Waals surface area contributed by atoms with Gasteiger partial charge in [0.2, 0.25) is 0 Å². The Bertz CT molecular complexity index is 445. The molecule has 0 radical (unpaired) electrons. The van der Waals surface area contributed by atoms with Crippen LogP contribution in [0, 0.1) is 0 Å². The summed E-state index contributed by atoms with van der Waals surface area (Å²) < 4.78 is 10.0. The molecule has 0 aliphatic rings. The van der Waals surface area contributed by atoms with Gasteiger partial charge in [0, 0.05) is 0 Å². The van der Waals surface area contributed by atoms with Crippen molar-refractivity contribution >= 4 is 11.9 Å². The van der Waals surface area contributed by atoms with Crippen molar-refractivity contribution in [2.45, 2.75) is 0 Å². The second-order valence-electron chi connectivity index (χ2n) is 3.24. The van der Waals surface area contributed by atoms with Gasteiger partial charge in [0.1, 0.15) is 19.0 Å². The standard InChI is InChI=1S/C12H12O6.Na.H/c1-2-17-3-4-18-10-6-8(11(13)14)5-9(7-10)12(15)16;;/h2,5-7H,1,3-4H2,(H,13,14)(H,15,16);;/q;+1;-1. The second kappa shape index (κ2) is 8.58. The van der Waals surface area contributed by atoms with Crippen molar-refractivity contribution in [3.8, 4) is 5.75 Å². The molecule has 0 fully saturated rings. The molecule has 1 rings (SSSR count). The van der Waals surface area contributed by atoms with Crippen molar-refractivity contribution in [2.75, 3.05) is 13.2 Å². The molecule has 0 aromatic heterocycles. The Kier molecular flexibility index (Phi) is 7.90. The summed E-state index contributed by atoms with van der Waals surface area (Å²) in [6.07, 6.45) is 1.25. The van der Waals surface area contributed by atoms with Crippen LogP contribution in [0.25, 0.3) is 0 Å². The molecule has 0 spiro atoms. The van der Waals surface area contributed by atoms with Gasteiger partial charge >= 0.3 is 41.5 Å². The Labute approximate surface area is 133 Å². The molecular weight excluding hydrogens is 263 g/mol. The first-order valence-electron chi connectivity index (χ1n) is 5.01. The first-order chi connectivity index (χ1) is 8.54. The molecule has 0 aliphatic carbocycles. The van der Waals surface area contributed by atoms with Crippen molar-refractivity contribution in [3.05, 3.63) is 42.2 Å². The maximum absolute atomic E-state index is 10.8. The first kappa shape index (κ1) is 17.5. The molecule has 0 bridgehead atoms. The van der Waals surface area contributed by atoms with Gasteiger partial charge in [-0.1, -0.05) is 6.58 Å². The fraction of sp³-hybridized carbons (Fsp3) is 0.167. The Morgan fingerprint density at radius 1 is 1.16 bits per heavy atom. The summed E-state index contributed by atoms with van der Waals surface area (Å²) in [4.78, 5) is 21.6. The molecule has 6 nitrogen and oxygen atoms in total. The van der Waals surface area contributed by atoms with Gasteiger partial charge in [-0.15, -0.1) is 0 Å². The van der Waals surface area contributed by atoms with E-state index in [1.807, 2.05) is 0 Å². The predicted octanol–water partition coefficient (Wildman–Crippen LogP) is -1.26. The number of hydrogen-bond donors (Lipinski definition) is 2. The van der Waals surface area contributed by atoms with Crippen molar-refractivity contribution < 1.29 is 60.3 Å². The molecule has 0 saturated heterocycles. The Hall–Kier alpha value is -1.50. The van der Waals surface area contributed by atoms with Crippen LogP contribution in [0.15, 0.2) is 31.0 Å². The summed E-state index contributed by atoms with van der Waals surface area (Å²) >= 11 is 0. The second-order valence-corrected chi connectivity index (χ2v) is 3.24. The quantitative estimate of drug-likeness (QED) is 0.367. The van der Waals surface area contributed by atoms with E-state index in [1.165, 1.54) is 18.4 Å². The molecule has 2 N–H and O–H groups in total. The number of benzene rings is 1. The number of aromatic carboxylic acids is 2. The van der Waals surface area contributed by atoms with Crippen LogP contribution >= 0.6 is 0 Å². The average molecular weight is 276 g/mol. The smallest absolute Gasteiger partial charge is 1.00 e. The average Bonchev–Trinajstić information content (AvgIpc) is 2.34. The van der Waals surface area contributed by atoms with E-state index in [0.29, 0.717) is 0 Å². The zero-order chi connectivity index (χ0) is 13.5. The molecular formula is C12H13NaO6. The van der Waals surface area contributed by atoms with Crippen molar-refractivity contribution in [1.82, 2.24) is 0 Å². The molecule has 7 heteroatoms. The molecule has 1 aromatic rings. The zero-order valence-electron chi connectivity index (χ0n) is 11.5. The van der Waals surface area contributed by atoms with Gasteiger partial charge in [-0.3, -0.25) is 0 Å². The first-order valence-corrected chi connectivity index (χ1v) is 5.01. The minimum absolute atomic E-state index is 0. The monoisotopic (exact) mass is 276 g/mol. The van der Waals surface area contributed by atoms with E-state index in [9.17, 15) is 9.59 Å². The Balaban J connectivity index is 0. The third-order valence-electron chi connectivity index (χ3n) is 1.99. The molecule has 19 heavy (non-hydrogen) atoms. The van der Waals surface area contributed by atoms with Gasteiger partial charge in [-0.2, -0.15) is 0 Å². The van der Waals surface area contributed by atoms with Crippen LogP contribution in [-0.2, 0) is 4.74 Å². The van der Waals surface area contributed by atoms with E-state index < -0.39 is 11.9 Å². The molecule has 0 atom stereocenters. The molecule has 0 amide bonds. The third kappa shape index (κ3) is 5.78. The third-order valence-corrected chi connectivity index (χ3v) is 1.99. The summed E-state index contributed by atoms with van der Waals surface area (Å²) in [5, 5.41) is 17.7. The van der Waals surface area contributed by atoms with E-state index in [-0.39, 0.29) is 61.1 Å². The number of hydrogen-bond acceptors (Lipinski definition) is 4. The molecule has 1 aromatic carbocycles. The minimum atomic E-state index is -1.22. The topological polar surface area (TPSA) is 93.1 Å². The van der Waals surface area contributed by atoms with Crippen molar-refractivity contribution in [1.29, 1.82) is 0 Å². The summed E-state index contributed by atoms with van der Waals surface area (Å²) in [6, 6.07) is 3.57. The fourth-order valence-electron chi connectivity index (χ4n) is 1.22. The van der Waals surface area contributed by atoms with Gasteiger partial charge in [-0.25, -0.2) is 9.59 Å². The maximum Gasteiger partial charge on any atom is 1.00 e. The summed E-state index contributed by atoms with van der Waals surface area (Å²) in [6.45, 7) is 3.75. The van der Waals surface area contributed by atoms with Gasteiger partial charge in [0.25, 0.3) is 0 Å². The van der Waals surface area contributed by atoms with Crippen LogP contribution in [0.2, 0.25) is 0 Å². The normalized spacial score (nSPS) is 9.05. The number of carboxylic acids is 2. The molecule has 0 saturated carbocycles. The molecule has 98 valence electrons. The fourth-order valence-corrected chi connectivity index (χ4v) is 1.22. The van der Waals surface area contributed by atoms with Crippen LogP contribution in [0.1, 0.15) is 22.1 Å². The van der Waals surface area contributed by atoms with Crippen LogP contribution in [0.5, 0.6) is 5.75 Å². The molecule has 0 unspecified atom stereocenters. The zero-order valence-corrected chi connectivity index (χ0v) is 12.5. The van der Waals surface area contributed by atoms with Gasteiger partial charge in [0.05, 0.1) is 17.4 Å². The van der Waals surface area contributed by atoms with E-state index in [4.69, 9.17) is 19.7 Å². The van der Waals surface area contributed by atoms with Gasteiger partial charge < -0.3 is 21.1 Å². The summed E-state index contributed by atoms with van der Waals surface area (Å²) in [5.74, 6) is -2.27. The van der Waals surface area contributed by atoms with Crippen LogP contribution in [-0.4, -0.2) is 35.4 Å². The van der Waals surface area contributed by atoms with Crippen LogP contribution in [0.3, 0.4) is 0 Å². The summed E-state index contributed by atoms with van der Waals surface area (Å²) in [5.41, 5.74) is -0.288. The number of rotatable bonds is 7. The predicted molar refractivity (Wildman–Crippen MR) is 63.1 cm³/mol. The van der Waals surface area contributed by atoms with Crippen molar-refractivity contribution in [3.63, 3.8) is 0 Å². The maximum atomic E-state index is 10.8. The molecule has 0 heterocycles. The van der Waals surface area contributed by atoms with E-state index in [1.54, 1.807) is 0 Å². The molecule has 0 aliphatic heterocycles. The largest absolute Gasteiger partial charge is 1.00 e.